The van der Waals surface area contributed by atoms with Crippen molar-refractivity contribution in [1.29, 1.82) is 0 Å². The molecule has 0 amide bonds. The van der Waals surface area contributed by atoms with Crippen LogP contribution in [0.25, 0.3) is 11.0 Å². The third-order valence-electron chi connectivity index (χ3n) is 1.62. The SMILES string of the molecule is [2H]c1cnc2ccc([N+](=O)[O-])cc2n1. The number of non-ortho nitro benzene ring substituents is 1. The average molecular weight is 176 g/mol. The molecule has 0 atom stereocenters. The summed E-state index contributed by atoms with van der Waals surface area (Å²) >= 11 is 0. The first-order valence-corrected chi connectivity index (χ1v) is 3.54. The van der Waals surface area contributed by atoms with Gasteiger partial charge in [-0.3, -0.25) is 20.1 Å². The van der Waals surface area contributed by atoms with E-state index in [-0.39, 0.29) is 11.9 Å². The molecule has 0 saturated heterocycles. The van der Waals surface area contributed by atoms with E-state index in [0.717, 1.165) is 0 Å². The van der Waals surface area contributed by atoms with Crippen LogP contribution in [0, 0.1) is 10.1 Å². The van der Waals surface area contributed by atoms with Crippen molar-refractivity contribution in [3.63, 3.8) is 0 Å². The van der Waals surface area contributed by atoms with Crippen molar-refractivity contribution in [3.05, 3.63) is 40.7 Å². The van der Waals surface area contributed by atoms with E-state index in [0.29, 0.717) is 11.0 Å². The fraction of sp³-hybridized carbons (Fsp3) is 0. The molecule has 5 nitrogen and oxygen atoms in total. The quantitative estimate of drug-likeness (QED) is 0.488. The molecule has 0 N–H and O–H groups in total. The number of fused-ring (bicyclic) bond motifs is 1. The minimum Gasteiger partial charge on any atom is -0.258 e. The van der Waals surface area contributed by atoms with E-state index in [2.05, 4.69) is 9.97 Å². The first-order chi connectivity index (χ1) is 6.66. The topological polar surface area (TPSA) is 68.9 Å². The Morgan fingerprint density at radius 2 is 2.23 bits per heavy atom. The fourth-order valence-electron chi connectivity index (χ4n) is 1.02. The van der Waals surface area contributed by atoms with Gasteiger partial charge in [-0.25, -0.2) is 0 Å². The number of hydrogen-bond donors (Lipinski definition) is 0. The molecule has 0 saturated carbocycles. The first-order valence-electron chi connectivity index (χ1n) is 4.04. The van der Waals surface area contributed by atoms with Crippen molar-refractivity contribution >= 4 is 16.7 Å². The summed E-state index contributed by atoms with van der Waals surface area (Å²) in [6.07, 6.45) is 1.30. The maximum atomic E-state index is 10.4. The Labute approximate surface area is 74.6 Å². The largest absolute Gasteiger partial charge is 0.271 e. The smallest absolute Gasteiger partial charge is 0.258 e. The summed E-state index contributed by atoms with van der Waals surface area (Å²) in [5.41, 5.74) is 0.871. The lowest BCUT2D eigenvalue weighted by molar-refractivity contribution is -0.384. The van der Waals surface area contributed by atoms with E-state index in [4.69, 9.17) is 1.37 Å². The van der Waals surface area contributed by atoms with Crippen LogP contribution in [0.4, 0.5) is 5.69 Å². The average Bonchev–Trinajstić information content (AvgIpc) is 2.16. The number of nitro benzene ring substituents is 1. The minimum absolute atomic E-state index is 0.00185. The van der Waals surface area contributed by atoms with Crippen molar-refractivity contribution in [2.75, 3.05) is 0 Å². The van der Waals surface area contributed by atoms with Crippen LogP contribution in [0.5, 0.6) is 0 Å². The van der Waals surface area contributed by atoms with Gasteiger partial charge >= 0.3 is 0 Å². The lowest BCUT2D eigenvalue weighted by atomic mass is 10.3. The zero-order valence-electron chi connectivity index (χ0n) is 7.47. The highest BCUT2D eigenvalue weighted by molar-refractivity contribution is 5.76. The molecule has 1 heterocycles. The lowest BCUT2D eigenvalue weighted by Crippen LogP contribution is -1.89. The van der Waals surface area contributed by atoms with E-state index < -0.39 is 4.92 Å². The zero-order valence-corrected chi connectivity index (χ0v) is 6.47. The van der Waals surface area contributed by atoms with Gasteiger partial charge in [0, 0.05) is 24.5 Å². The Morgan fingerprint density at radius 1 is 1.38 bits per heavy atom. The number of aromatic nitrogens is 2. The van der Waals surface area contributed by atoms with Gasteiger partial charge in [0.15, 0.2) is 0 Å². The van der Waals surface area contributed by atoms with Crippen LogP contribution in [0.3, 0.4) is 0 Å². The molecule has 13 heavy (non-hydrogen) atoms. The zero-order chi connectivity index (χ0) is 10.1. The second-order valence-electron chi connectivity index (χ2n) is 2.43. The van der Waals surface area contributed by atoms with Crippen LogP contribution >= 0.6 is 0 Å². The van der Waals surface area contributed by atoms with Crippen molar-refractivity contribution < 1.29 is 6.29 Å². The maximum Gasteiger partial charge on any atom is 0.271 e. The predicted octanol–water partition coefficient (Wildman–Crippen LogP) is 1.54. The molecule has 0 aliphatic rings. The van der Waals surface area contributed by atoms with Crippen LogP contribution in [0.2, 0.25) is 0 Å². The molecular formula is C8H5N3O2. The Bertz CT molecular complexity index is 515. The standard InChI is InChI=1S/C8H5N3O2/c12-11(13)6-1-2-7-8(5-6)10-4-3-9-7/h1-5H/i4D. The Kier molecular flexibility index (Phi) is 1.38. The van der Waals surface area contributed by atoms with Crippen LogP contribution in [-0.4, -0.2) is 14.9 Å². The van der Waals surface area contributed by atoms with Gasteiger partial charge in [-0.15, -0.1) is 0 Å². The molecular weight excluding hydrogens is 170 g/mol. The number of nitrogens with zero attached hydrogens (tertiary/aromatic N) is 3. The van der Waals surface area contributed by atoms with E-state index in [1.165, 1.54) is 24.4 Å². The normalized spacial score (nSPS) is 11.2. The molecule has 0 aliphatic heterocycles. The van der Waals surface area contributed by atoms with Crippen molar-refractivity contribution in [2.24, 2.45) is 0 Å². The summed E-state index contributed by atoms with van der Waals surface area (Å²) in [5.74, 6) is 0. The maximum absolute atomic E-state index is 10.4. The Balaban J connectivity index is 2.69. The molecule has 0 bridgehead atoms. The number of hydrogen-bond acceptors (Lipinski definition) is 4. The van der Waals surface area contributed by atoms with Crippen LogP contribution in [0.1, 0.15) is 1.37 Å². The van der Waals surface area contributed by atoms with Crippen molar-refractivity contribution in [2.45, 2.75) is 0 Å². The van der Waals surface area contributed by atoms with Gasteiger partial charge in [0.05, 0.1) is 17.3 Å². The lowest BCUT2D eigenvalue weighted by Gasteiger charge is -1.94. The molecule has 2 rings (SSSR count). The summed E-state index contributed by atoms with van der Waals surface area (Å²) in [6.45, 7) is 0. The van der Waals surface area contributed by atoms with Crippen molar-refractivity contribution in [3.8, 4) is 0 Å². The third kappa shape index (κ3) is 1.31. The highest BCUT2D eigenvalue weighted by Gasteiger charge is 2.05. The molecule has 0 fully saturated rings. The van der Waals surface area contributed by atoms with E-state index in [1.54, 1.807) is 0 Å². The van der Waals surface area contributed by atoms with Gasteiger partial charge in [0.1, 0.15) is 0 Å². The number of rotatable bonds is 1. The van der Waals surface area contributed by atoms with E-state index in [9.17, 15) is 10.1 Å². The number of nitro groups is 1. The molecule has 0 radical (unpaired) electrons. The van der Waals surface area contributed by atoms with Crippen LogP contribution < -0.4 is 0 Å². The predicted molar refractivity (Wildman–Crippen MR) is 46.2 cm³/mol. The van der Waals surface area contributed by atoms with Gasteiger partial charge in [-0.05, 0) is 6.07 Å². The minimum atomic E-state index is -0.502. The molecule has 0 unspecified atom stereocenters. The van der Waals surface area contributed by atoms with Gasteiger partial charge in [-0.2, -0.15) is 0 Å². The van der Waals surface area contributed by atoms with Crippen LogP contribution in [0.15, 0.2) is 30.6 Å². The van der Waals surface area contributed by atoms with Crippen molar-refractivity contribution in [1.82, 2.24) is 9.97 Å². The summed E-state index contributed by atoms with van der Waals surface area (Å²) in [4.78, 5) is 17.7. The summed E-state index contributed by atoms with van der Waals surface area (Å²) in [5, 5.41) is 10.4. The van der Waals surface area contributed by atoms with Crippen LogP contribution in [-0.2, 0) is 0 Å². The highest BCUT2D eigenvalue weighted by Crippen LogP contribution is 2.16. The fourth-order valence-corrected chi connectivity index (χ4v) is 1.02. The molecule has 2 aromatic rings. The molecule has 5 heteroatoms. The van der Waals surface area contributed by atoms with Gasteiger partial charge in [0.2, 0.25) is 0 Å². The van der Waals surface area contributed by atoms with E-state index in [1.807, 2.05) is 0 Å². The molecule has 1 aromatic carbocycles. The first kappa shape index (κ1) is 6.47. The van der Waals surface area contributed by atoms with Gasteiger partial charge in [0.25, 0.3) is 5.69 Å². The molecule has 64 valence electrons. The third-order valence-corrected chi connectivity index (χ3v) is 1.62. The number of benzene rings is 1. The van der Waals surface area contributed by atoms with Gasteiger partial charge in [-0.1, -0.05) is 0 Å². The second-order valence-corrected chi connectivity index (χ2v) is 2.43. The summed E-state index contributed by atoms with van der Waals surface area (Å²) in [7, 11) is 0. The summed E-state index contributed by atoms with van der Waals surface area (Å²) in [6, 6.07) is 4.18. The molecule has 1 aromatic heterocycles. The van der Waals surface area contributed by atoms with E-state index >= 15 is 0 Å². The molecule has 0 spiro atoms. The summed E-state index contributed by atoms with van der Waals surface area (Å²) < 4.78 is 7.21. The highest BCUT2D eigenvalue weighted by atomic mass is 16.6. The Hall–Kier alpha value is -2.04. The molecule has 0 aliphatic carbocycles. The van der Waals surface area contributed by atoms with Gasteiger partial charge < -0.3 is 0 Å². The second kappa shape index (κ2) is 2.78. The monoisotopic (exact) mass is 176 g/mol. The Morgan fingerprint density at radius 3 is 3.00 bits per heavy atom.